The van der Waals surface area contributed by atoms with Crippen LogP contribution in [0.2, 0.25) is 0 Å². The standard InChI is InChI=1S/C18H25N5O3S2/c1-12-9-16(13(2)22(12)15-7-8-28(25,26)11-15)17(24)10-27-18-19-20-21-23(18)14-5-3-4-6-14/h9,14-15H,3-8,10-11H2,1-2H3. The summed E-state index contributed by atoms with van der Waals surface area (Å²) in [5.74, 6) is 0.658. The van der Waals surface area contributed by atoms with E-state index >= 15 is 0 Å². The molecule has 152 valence electrons. The molecule has 1 atom stereocenters. The maximum Gasteiger partial charge on any atom is 0.210 e. The van der Waals surface area contributed by atoms with Crippen LogP contribution < -0.4 is 0 Å². The molecule has 0 bridgehead atoms. The molecule has 8 nitrogen and oxygen atoms in total. The zero-order chi connectivity index (χ0) is 19.9. The first-order valence-corrected chi connectivity index (χ1v) is 12.5. The molecule has 0 N–H and O–H groups in total. The van der Waals surface area contributed by atoms with E-state index < -0.39 is 9.84 Å². The fourth-order valence-corrected chi connectivity index (χ4v) is 6.99. The summed E-state index contributed by atoms with van der Waals surface area (Å²) >= 11 is 1.37. The van der Waals surface area contributed by atoms with Crippen molar-refractivity contribution in [2.24, 2.45) is 0 Å². The number of ketones is 1. The number of carbonyl (C=O) groups is 1. The van der Waals surface area contributed by atoms with Crippen molar-refractivity contribution in [2.75, 3.05) is 17.3 Å². The summed E-state index contributed by atoms with van der Waals surface area (Å²) < 4.78 is 27.6. The van der Waals surface area contributed by atoms with Gasteiger partial charge in [-0.25, -0.2) is 13.1 Å². The highest BCUT2D eigenvalue weighted by atomic mass is 32.2. The van der Waals surface area contributed by atoms with Crippen molar-refractivity contribution in [3.8, 4) is 0 Å². The average molecular weight is 424 g/mol. The van der Waals surface area contributed by atoms with Crippen LogP contribution in [0.5, 0.6) is 0 Å². The van der Waals surface area contributed by atoms with Gasteiger partial charge in [-0.05, 0) is 49.6 Å². The summed E-state index contributed by atoms with van der Waals surface area (Å²) in [5, 5.41) is 12.7. The molecule has 0 amide bonds. The van der Waals surface area contributed by atoms with E-state index in [0.29, 0.717) is 23.2 Å². The molecule has 3 heterocycles. The van der Waals surface area contributed by atoms with Gasteiger partial charge in [0.05, 0.1) is 23.3 Å². The minimum Gasteiger partial charge on any atom is -0.344 e. The van der Waals surface area contributed by atoms with E-state index in [1.54, 1.807) is 0 Å². The van der Waals surface area contributed by atoms with Crippen molar-refractivity contribution in [1.29, 1.82) is 0 Å². The van der Waals surface area contributed by atoms with E-state index in [-0.39, 0.29) is 29.1 Å². The number of aryl methyl sites for hydroxylation is 1. The number of aromatic nitrogens is 5. The topological polar surface area (TPSA) is 99.7 Å². The number of carbonyl (C=O) groups excluding carboxylic acids is 1. The fourth-order valence-electron chi connectivity index (χ4n) is 4.47. The summed E-state index contributed by atoms with van der Waals surface area (Å²) in [7, 11) is -2.98. The molecule has 2 aromatic rings. The van der Waals surface area contributed by atoms with Crippen LogP contribution in [-0.2, 0) is 9.84 Å². The largest absolute Gasteiger partial charge is 0.344 e. The Bertz CT molecular complexity index is 989. The molecule has 1 saturated heterocycles. The van der Waals surface area contributed by atoms with E-state index in [1.807, 2.05) is 29.2 Å². The quantitative estimate of drug-likeness (QED) is 0.520. The van der Waals surface area contributed by atoms with Gasteiger partial charge in [-0.15, -0.1) is 5.10 Å². The molecule has 4 rings (SSSR count). The number of thioether (sulfide) groups is 1. The smallest absolute Gasteiger partial charge is 0.210 e. The van der Waals surface area contributed by atoms with Crippen LogP contribution >= 0.6 is 11.8 Å². The van der Waals surface area contributed by atoms with Crippen LogP contribution in [0.3, 0.4) is 0 Å². The van der Waals surface area contributed by atoms with Gasteiger partial charge in [-0.1, -0.05) is 24.6 Å². The van der Waals surface area contributed by atoms with Crippen LogP contribution in [0.1, 0.15) is 65.9 Å². The first-order valence-electron chi connectivity index (χ1n) is 9.68. The molecule has 2 fully saturated rings. The second-order valence-corrected chi connectivity index (χ2v) is 10.9. The summed E-state index contributed by atoms with van der Waals surface area (Å²) in [6.07, 6.45) is 5.15. The molecule has 0 aromatic carbocycles. The lowest BCUT2D eigenvalue weighted by Gasteiger charge is -2.16. The highest BCUT2D eigenvalue weighted by molar-refractivity contribution is 7.99. The van der Waals surface area contributed by atoms with Crippen LogP contribution in [0.4, 0.5) is 0 Å². The summed E-state index contributed by atoms with van der Waals surface area (Å²) in [5.41, 5.74) is 2.44. The van der Waals surface area contributed by atoms with Crippen LogP contribution in [0.25, 0.3) is 0 Å². The first-order chi connectivity index (χ1) is 13.4. The lowest BCUT2D eigenvalue weighted by Crippen LogP contribution is -2.15. The van der Waals surface area contributed by atoms with Gasteiger partial charge in [0.15, 0.2) is 15.6 Å². The third-order valence-electron chi connectivity index (χ3n) is 5.82. The predicted molar refractivity (Wildman–Crippen MR) is 107 cm³/mol. The number of tetrazole rings is 1. The monoisotopic (exact) mass is 423 g/mol. The Hall–Kier alpha value is -1.68. The lowest BCUT2D eigenvalue weighted by molar-refractivity contribution is 0.102. The fraction of sp³-hybridized carbons (Fsp3) is 0.667. The number of hydrogen-bond acceptors (Lipinski definition) is 7. The number of nitrogens with zero attached hydrogens (tertiary/aromatic N) is 5. The van der Waals surface area contributed by atoms with E-state index in [9.17, 15) is 13.2 Å². The Morgan fingerprint density at radius 3 is 2.64 bits per heavy atom. The third-order valence-corrected chi connectivity index (χ3v) is 8.51. The van der Waals surface area contributed by atoms with Gasteiger partial charge in [-0.3, -0.25) is 4.79 Å². The maximum atomic E-state index is 12.9. The van der Waals surface area contributed by atoms with Gasteiger partial charge in [0, 0.05) is 23.0 Å². The van der Waals surface area contributed by atoms with Gasteiger partial charge in [-0.2, -0.15) is 0 Å². The molecule has 2 aromatic heterocycles. The van der Waals surface area contributed by atoms with Crippen LogP contribution in [-0.4, -0.2) is 56.2 Å². The van der Waals surface area contributed by atoms with Crippen LogP contribution in [0, 0.1) is 13.8 Å². The number of sulfone groups is 1. The number of rotatable bonds is 6. The maximum absolute atomic E-state index is 12.9. The summed E-state index contributed by atoms with van der Waals surface area (Å²) in [4.78, 5) is 12.9. The van der Waals surface area contributed by atoms with Gasteiger partial charge in [0.2, 0.25) is 5.16 Å². The Balaban J connectivity index is 1.48. The van der Waals surface area contributed by atoms with Gasteiger partial charge >= 0.3 is 0 Å². The average Bonchev–Trinajstić information content (AvgIpc) is 3.40. The highest BCUT2D eigenvalue weighted by Gasteiger charge is 2.31. The molecule has 1 aliphatic heterocycles. The molecule has 0 radical (unpaired) electrons. The Morgan fingerprint density at radius 1 is 1.21 bits per heavy atom. The van der Waals surface area contributed by atoms with E-state index in [4.69, 9.17) is 0 Å². The van der Waals surface area contributed by atoms with Crippen molar-refractivity contribution >= 4 is 27.4 Å². The summed E-state index contributed by atoms with van der Waals surface area (Å²) in [6.45, 7) is 3.83. The number of hydrogen-bond donors (Lipinski definition) is 0. The third kappa shape index (κ3) is 3.76. The van der Waals surface area contributed by atoms with Crippen molar-refractivity contribution in [2.45, 2.75) is 63.2 Å². The molecule has 10 heteroatoms. The molecule has 28 heavy (non-hydrogen) atoms. The minimum absolute atomic E-state index is 0.0196. The molecule has 2 aliphatic rings. The van der Waals surface area contributed by atoms with E-state index in [1.165, 1.54) is 24.6 Å². The number of Topliss-reactive ketones (excluding diaryl/α,β-unsaturated/α-hetero) is 1. The van der Waals surface area contributed by atoms with Crippen molar-refractivity contribution in [3.05, 3.63) is 23.0 Å². The van der Waals surface area contributed by atoms with E-state index in [2.05, 4.69) is 15.5 Å². The second-order valence-electron chi connectivity index (χ2n) is 7.77. The SMILES string of the molecule is Cc1cc(C(=O)CSc2nnnn2C2CCCC2)c(C)n1C1CCS(=O)(=O)C1. The first kappa shape index (κ1) is 19.6. The molecular weight excluding hydrogens is 398 g/mol. The Kier molecular flexibility index (Phi) is 5.34. The van der Waals surface area contributed by atoms with Crippen molar-refractivity contribution in [1.82, 2.24) is 24.8 Å². The zero-order valence-electron chi connectivity index (χ0n) is 16.2. The summed E-state index contributed by atoms with van der Waals surface area (Å²) in [6, 6.07) is 2.14. The van der Waals surface area contributed by atoms with Crippen molar-refractivity contribution < 1.29 is 13.2 Å². The second kappa shape index (κ2) is 7.62. The van der Waals surface area contributed by atoms with Gasteiger partial charge in [0.25, 0.3) is 0 Å². The van der Waals surface area contributed by atoms with Gasteiger partial charge in [0.1, 0.15) is 0 Å². The van der Waals surface area contributed by atoms with E-state index in [0.717, 1.165) is 24.2 Å². The normalized spacial score (nSPS) is 22.1. The minimum atomic E-state index is -2.98. The molecular formula is C18H25N5O3S2. The lowest BCUT2D eigenvalue weighted by atomic mass is 10.2. The van der Waals surface area contributed by atoms with Crippen molar-refractivity contribution in [3.63, 3.8) is 0 Å². The zero-order valence-corrected chi connectivity index (χ0v) is 17.8. The molecule has 1 unspecified atom stereocenters. The molecule has 1 saturated carbocycles. The van der Waals surface area contributed by atoms with Crippen LogP contribution in [0.15, 0.2) is 11.2 Å². The molecule has 0 spiro atoms. The van der Waals surface area contributed by atoms with Gasteiger partial charge < -0.3 is 4.57 Å². The molecule has 1 aliphatic carbocycles. The Morgan fingerprint density at radius 2 is 1.96 bits per heavy atom. The Labute approximate surface area is 169 Å². The highest BCUT2D eigenvalue weighted by Crippen LogP contribution is 2.32. The predicted octanol–water partition coefficient (Wildman–Crippen LogP) is 2.54.